The Hall–Kier alpha value is -1.31. The van der Waals surface area contributed by atoms with Gasteiger partial charge < -0.3 is 5.32 Å². The fraction of sp³-hybridized carbons (Fsp3) is 0.562. The van der Waals surface area contributed by atoms with Crippen molar-refractivity contribution in [3.8, 4) is 0 Å². The summed E-state index contributed by atoms with van der Waals surface area (Å²) in [5.41, 5.74) is 3.19. The van der Waals surface area contributed by atoms with E-state index in [1.807, 2.05) is 13.0 Å². The molecule has 0 radical (unpaired) electrons. The van der Waals surface area contributed by atoms with Gasteiger partial charge in [0.05, 0.1) is 0 Å². The first-order valence-electron chi connectivity index (χ1n) is 6.70. The molecule has 1 N–H and O–H groups in total. The molecule has 0 atom stereocenters. The number of hydrogen-bond donors (Lipinski definition) is 1. The Labute approximate surface area is 111 Å². The predicted octanol–water partition coefficient (Wildman–Crippen LogP) is 3.86. The third-order valence-corrected chi connectivity index (χ3v) is 3.10. The zero-order valence-corrected chi connectivity index (χ0v) is 12.4. The maximum atomic E-state index is 12.1. The van der Waals surface area contributed by atoms with Crippen LogP contribution in [-0.4, -0.2) is 12.5 Å². The van der Waals surface area contributed by atoms with Crippen LogP contribution in [0.4, 0.5) is 0 Å². The number of benzene rings is 1. The second-order valence-electron chi connectivity index (χ2n) is 6.07. The van der Waals surface area contributed by atoms with Crippen LogP contribution in [0.5, 0.6) is 0 Å². The van der Waals surface area contributed by atoms with Crippen molar-refractivity contribution in [2.24, 2.45) is 0 Å². The second-order valence-corrected chi connectivity index (χ2v) is 6.07. The van der Waals surface area contributed by atoms with Crippen LogP contribution in [0, 0.1) is 0 Å². The van der Waals surface area contributed by atoms with Crippen molar-refractivity contribution in [1.82, 2.24) is 5.32 Å². The first-order valence-corrected chi connectivity index (χ1v) is 6.70. The predicted molar refractivity (Wildman–Crippen MR) is 77.2 cm³/mol. The lowest BCUT2D eigenvalue weighted by atomic mass is 9.81. The van der Waals surface area contributed by atoms with E-state index >= 15 is 0 Å². The minimum Gasteiger partial charge on any atom is -0.352 e. The lowest BCUT2D eigenvalue weighted by Gasteiger charge is -2.24. The Morgan fingerprint density at radius 1 is 1.28 bits per heavy atom. The van der Waals surface area contributed by atoms with Crippen molar-refractivity contribution in [3.63, 3.8) is 0 Å². The molecule has 0 saturated heterocycles. The van der Waals surface area contributed by atoms with Gasteiger partial charge in [-0.05, 0) is 35.4 Å². The summed E-state index contributed by atoms with van der Waals surface area (Å²) in [7, 11) is 0. The van der Waals surface area contributed by atoms with Crippen molar-refractivity contribution in [3.05, 3.63) is 34.9 Å². The molecule has 0 unspecified atom stereocenters. The molecule has 0 bridgehead atoms. The van der Waals surface area contributed by atoms with Gasteiger partial charge in [0, 0.05) is 12.1 Å². The number of rotatable bonds is 3. The first-order chi connectivity index (χ1) is 8.27. The van der Waals surface area contributed by atoms with Gasteiger partial charge in [-0.3, -0.25) is 4.79 Å². The Kier molecular flexibility index (Phi) is 4.55. The van der Waals surface area contributed by atoms with Crippen LogP contribution in [0.1, 0.15) is 68.9 Å². The number of nitrogens with one attached hydrogen (secondary N) is 1. The van der Waals surface area contributed by atoms with E-state index in [0.717, 1.165) is 11.1 Å². The number of amides is 1. The van der Waals surface area contributed by atoms with E-state index in [-0.39, 0.29) is 11.3 Å². The number of carbonyl (C=O) groups excluding carboxylic acids is 1. The number of carbonyl (C=O) groups is 1. The van der Waals surface area contributed by atoms with E-state index in [1.165, 1.54) is 5.56 Å². The molecular weight excluding hydrogens is 222 g/mol. The second kappa shape index (κ2) is 5.55. The van der Waals surface area contributed by atoms with E-state index in [0.29, 0.717) is 12.5 Å². The highest BCUT2D eigenvalue weighted by atomic mass is 16.1. The SMILES string of the molecule is CCNC(=O)c1ccc(C(C)C)cc1C(C)(C)C. The van der Waals surface area contributed by atoms with Crippen LogP contribution in [0.3, 0.4) is 0 Å². The van der Waals surface area contributed by atoms with Crippen molar-refractivity contribution < 1.29 is 4.79 Å². The summed E-state index contributed by atoms with van der Waals surface area (Å²) in [6.07, 6.45) is 0. The quantitative estimate of drug-likeness (QED) is 0.863. The van der Waals surface area contributed by atoms with Gasteiger partial charge in [0.15, 0.2) is 0 Å². The molecule has 1 amide bonds. The third-order valence-electron chi connectivity index (χ3n) is 3.10. The smallest absolute Gasteiger partial charge is 0.251 e. The van der Waals surface area contributed by atoms with E-state index in [2.05, 4.69) is 52.1 Å². The Morgan fingerprint density at radius 2 is 1.89 bits per heavy atom. The molecule has 0 spiro atoms. The molecule has 0 fully saturated rings. The van der Waals surface area contributed by atoms with E-state index in [9.17, 15) is 4.79 Å². The van der Waals surface area contributed by atoms with Gasteiger partial charge in [0.1, 0.15) is 0 Å². The maximum absolute atomic E-state index is 12.1. The maximum Gasteiger partial charge on any atom is 0.251 e. The molecule has 0 aliphatic heterocycles. The molecule has 0 aliphatic rings. The summed E-state index contributed by atoms with van der Waals surface area (Å²) < 4.78 is 0. The third kappa shape index (κ3) is 3.34. The topological polar surface area (TPSA) is 29.1 Å². The van der Waals surface area contributed by atoms with Crippen molar-refractivity contribution >= 4 is 5.91 Å². The van der Waals surface area contributed by atoms with Crippen molar-refractivity contribution in [1.29, 1.82) is 0 Å². The zero-order chi connectivity index (χ0) is 13.9. The monoisotopic (exact) mass is 247 g/mol. The highest BCUT2D eigenvalue weighted by Gasteiger charge is 2.22. The molecule has 1 aromatic rings. The molecule has 0 aromatic heterocycles. The van der Waals surface area contributed by atoms with Crippen molar-refractivity contribution in [2.45, 2.75) is 52.9 Å². The largest absolute Gasteiger partial charge is 0.352 e. The lowest BCUT2D eigenvalue weighted by molar-refractivity contribution is 0.0953. The molecule has 2 nitrogen and oxygen atoms in total. The van der Waals surface area contributed by atoms with Crippen LogP contribution in [0.2, 0.25) is 0 Å². The normalized spacial score (nSPS) is 11.7. The summed E-state index contributed by atoms with van der Waals surface area (Å²) in [4.78, 5) is 12.1. The zero-order valence-electron chi connectivity index (χ0n) is 12.4. The Morgan fingerprint density at radius 3 is 2.33 bits per heavy atom. The molecule has 0 heterocycles. The minimum atomic E-state index is -0.0225. The molecule has 0 saturated carbocycles. The van der Waals surface area contributed by atoms with E-state index < -0.39 is 0 Å². The Balaban J connectivity index is 3.30. The fourth-order valence-electron chi connectivity index (χ4n) is 2.00. The average Bonchev–Trinajstić information content (AvgIpc) is 2.27. The van der Waals surface area contributed by atoms with E-state index in [4.69, 9.17) is 0 Å². The van der Waals surface area contributed by atoms with Crippen LogP contribution in [0.15, 0.2) is 18.2 Å². The van der Waals surface area contributed by atoms with Gasteiger partial charge in [0.25, 0.3) is 5.91 Å². The van der Waals surface area contributed by atoms with Gasteiger partial charge in [-0.25, -0.2) is 0 Å². The highest BCUT2D eigenvalue weighted by molar-refractivity contribution is 5.96. The minimum absolute atomic E-state index is 0.0225. The van der Waals surface area contributed by atoms with Gasteiger partial charge in [-0.1, -0.05) is 46.8 Å². The Bertz CT molecular complexity index is 427. The molecule has 18 heavy (non-hydrogen) atoms. The van der Waals surface area contributed by atoms with E-state index in [1.54, 1.807) is 0 Å². The molecule has 1 rings (SSSR count). The van der Waals surface area contributed by atoms with Gasteiger partial charge in [-0.2, -0.15) is 0 Å². The molecule has 2 heteroatoms. The number of hydrogen-bond acceptors (Lipinski definition) is 1. The standard InChI is InChI=1S/C16H25NO/c1-7-17-15(18)13-9-8-12(11(2)3)10-14(13)16(4,5)6/h8-11H,7H2,1-6H3,(H,17,18). The lowest BCUT2D eigenvalue weighted by Crippen LogP contribution is -2.27. The van der Waals surface area contributed by atoms with Gasteiger partial charge >= 0.3 is 0 Å². The van der Waals surface area contributed by atoms with Gasteiger partial charge in [-0.15, -0.1) is 0 Å². The molecular formula is C16H25NO. The molecule has 0 aliphatic carbocycles. The highest BCUT2D eigenvalue weighted by Crippen LogP contribution is 2.29. The van der Waals surface area contributed by atoms with Crippen LogP contribution in [-0.2, 0) is 5.41 Å². The van der Waals surface area contributed by atoms with Crippen molar-refractivity contribution in [2.75, 3.05) is 6.54 Å². The van der Waals surface area contributed by atoms with Crippen LogP contribution in [0.25, 0.3) is 0 Å². The summed E-state index contributed by atoms with van der Waals surface area (Å²) >= 11 is 0. The van der Waals surface area contributed by atoms with Crippen LogP contribution >= 0.6 is 0 Å². The van der Waals surface area contributed by atoms with Gasteiger partial charge in [0.2, 0.25) is 0 Å². The fourth-order valence-corrected chi connectivity index (χ4v) is 2.00. The molecule has 1 aromatic carbocycles. The average molecular weight is 247 g/mol. The summed E-state index contributed by atoms with van der Waals surface area (Å²) in [6.45, 7) is 13.4. The summed E-state index contributed by atoms with van der Waals surface area (Å²) in [5.74, 6) is 0.507. The summed E-state index contributed by atoms with van der Waals surface area (Å²) in [6, 6.07) is 6.20. The van der Waals surface area contributed by atoms with Crippen LogP contribution < -0.4 is 5.32 Å². The first kappa shape index (κ1) is 14.7. The summed E-state index contributed by atoms with van der Waals surface area (Å²) in [5, 5.41) is 2.88. The molecule has 100 valence electrons.